The van der Waals surface area contributed by atoms with Gasteiger partial charge in [0.2, 0.25) is 0 Å². The lowest BCUT2D eigenvalue weighted by Gasteiger charge is -2.09. The summed E-state index contributed by atoms with van der Waals surface area (Å²) in [4.78, 5) is 16.7. The van der Waals surface area contributed by atoms with E-state index in [2.05, 4.69) is 10.3 Å². The van der Waals surface area contributed by atoms with E-state index in [1.807, 2.05) is 38.1 Å². The van der Waals surface area contributed by atoms with E-state index in [1.165, 1.54) is 23.5 Å². The van der Waals surface area contributed by atoms with Gasteiger partial charge in [0.1, 0.15) is 28.3 Å². The minimum Gasteiger partial charge on any atom is -0.491 e. The number of hydrogen-bond acceptors (Lipinski definition) is 5. The molecule has 0 radical (unpaired) electrons. The lowest BCUT2D eigenvalue weighted by Crippen LogP contribution is -2.12. The molecule has 3 aromatic rings. The summed E-state index contributed by atoms with van der Waals surface area (Å²) in [6, 6.07) is 13.1. The van der Waals surface area contributed by atoms with Crippen molar-refractivity contribution in [1.82, 2.24) is 4.98 Å². The molecule has 0 unspecified atom stereocenters. The number of thiazole rings is 1. The number of amides is 1. The number of carbonyl (C=O) groups is 1. The van der Waals surface area contributed by atoms with Crippen LogP contribution in [0.5, 0.6) is 5.75 Å². The van der Waals surface area contributed by atoms with Gasteiger partial charge in [0.25, 0.3) is 5.91 Å². The van der Waals surface area contributed by atoms with E-state index in [1.54, 1.807) is 11.4 Å². The summed E-state index contributed by atoms with van der Waals surface area (Å²) in [5, 5.41) is 13.8. The molecule has 3 rings (SSSR count). The van der Waals surface area contributed by atoms with E-state index in [9.17, 15) is 9.18 Å². The molecule has 1 N–H and O–H groups in total. The van der Waals surface area contributed by atoms with Crippen LogP contribution >= 0.6 is 11.3 Å². The molecule has 0 spiro atoms. The van der Waals surface area contributed by atoms with Crippen LogP contribution in [-0.4, -0.2) is 17.0 Å². The molecule has 0 bridgehead atoms. The maximum absolute atomic E-state index is 13.4. The van der Waals surface area contributed by atoms with Crippen molar-refractivity contribution in [1.29, 1.82) is 5.26 Å². The molecule has 7 heteroatoms. The van der Waals surface area contributed by atoms with Gasteiger partial charge in [0, 0.05) is 16.6 Å². The normalized spacial score (nSPS) is 10.5. The van der Waals surface area contributed by atoms with Crippen molar-refractivity contribution in [2.75, 3.05) is 5.32 Å². The molecule has 27 heavy (non-hydrogen) atoms. The molecule has 0 fully saturated rings. The number of hydrogen-bond donors (Lipinski definition) is 1. The molecule has 0 saturated heterocycles. The fourth-order valence-corrected chi connectivity index (χ4v) is 3.15. The second kappa shape index (κ2) is 7.98. The second-order valence-corrected chi connectivity index (χ2v) is 6.85. The maximum Gasteiger partial charge on any atom is 0.275 e. The summed E-state index contributed by atoms with van der Waals surface area (Å²) in [6.07, 6.45) is 0.0963. The molecule has 5 nitrogen and oxygen atoms in total. The first kappa shape index (κ1) is 18.5. The molecular formula is C20H16FN3O2S. The molecule has 1 aromatic heterocycles. The zero-order chi connectivity index (χ0) is 19.4. The molecule has 0 saturated carbocycles. The molecule has 0 aliphatic rings. The summed E-state index contributed by atoms with van der Waals surface area (Å²) < 4.78 is 19.0. The van der Waals surface area contributed by atoms with Gasteiger partial charge in [-0.1, -0.05) is 0 Å². The molecular weight excluding hydrogens is 365 g/mol. The van der Waals surface area contributed by atoms with Crippen molar-refractivity contribution in [2.45, 2.75) is 20.0 Å². The summed E-state index contributed by atoms with van der Waals surface area (Å²) >= 11 is 1.35. The van der Waals surface area contributed by atoms with Crippen LogP contribution in [0.4, 0.5) is 10.1 Å². The predicted molar refractivity (Wildman–Crippen MR) is 102 cm³/mol. The summed E-state index contributed by atoms with van der Waals surface area (Å²) in [6.45, 7) is 3.92. The Labute approximate surface area is 160 Å². The van der Waals surface area contributed by atoms with Gasteiger partial charge in [-0.2, -0.15) is 5.26 Å². The van der Waals surface area contributed by atoms with Crippen LogP contribution in [0, 0.1) is 17.1 Å². The lowest BCUT2D eigenvalue weighted by atomic mass is 10.2. The molecule has 0 atom stereocenters. The van der Waals surface area contributed by atoms with E-state index in [0.29, 0.717) is 10.7 Å². The lowest BCUT2D eigenvalue weighted by molar-refractivity contribution is 0.102. The molecule has 1 amide bonds. The quantitative estimate of drug-likeness (QED) is 0.685. The number of nitrogens with one attached hydrogen (secondary N) is 1. The van der Waals surface area contributed by atoms with E-state index < -0.39 is 11.7 Å². The molecule has 0 aliphatic carbocycles. The smallest absolute Gasteiger partial charge is 0.275 e. The third-order valence-corrected chi connectivity index (χ3v) is 4.45. The fourth-order valence-electron chi connectivity index (χ4n) is 2.34. The summed E-state index contributed by atoms with van der Waals surface area (Å²) in [7, 11) is 0. The van der Waals surface area contributed by atoms with Crippen molar-refractivity contribution >= 4 is 22.9 Å². The first-order valence-electron chi connectivity index (χ1n) is 8.20. The largest absolute Gasteiger partial charge is 0.491 e. The number of carbonyl (C=O) groups excluding carboxylic acids is 1. The molecule has 2 aromatic carbocycles. The number of ether oxygens (including phenoxy) is 1. The Morgan fingerprint density at radius 3 is 2.67 bits per heavy atom. The number of nitriles is 1. The Balaban J connectivity index is 1.73. The van der Waals surface area contributed by atoms with E-state index in [-0.39, 0.29) is 17.4 Å². The molecule has 136 valence electrons. The van der Waals surface area contributed by atoms with Gasteiger partial charge in [-0.25, -0.2) is 9.37 Å². The minimum atomic E-state index is -0.628. The Kier molecular flexibility index (Phi) is 5.48. The van der Waals surface area contributed by atoms with Gasteiger partial charge in [0.15, 0.2) is 0 Å². The third-order valence-electron chi connectivity index (χ3n) is 3.55. The number of nitrogens with zero attached hydrogens (tertiary/aromatic N) is 2. The van der Waals surface area contributed by atoms with Gasteiger partial charge >= 0.3 is 0 Å². The SMILES string of the molecule is CC(C)Oc1ccc(-c2nc(C(=O)Nc3ccc(F)c(C#N)c3)cs2)cc1. The number of anilines is 1. The fraction of sp³-hybridized carbons (Fsp3) is 0.150. The Bertz CT molecular complexity index is 1010. The summed E-state index contributed by atoms with van der Waals surface area (Å²) in [5.74, 6) is -0.281. The maximum atomic E-state index is 13.4. The third kappa shape index (κ3) is 4.49. The van der Waals surface area contributed by atoms with E-state index in [0.717, 1.165) is 17.4 Å². The molecule has 1 heterocycles. The first-order valence-corrected chi connectivity index (χ1v) is 9.08. The Morgan fingerprint density at radius 1 is 1.26 bits per heavy atom. The average Bonchev–Trinajstić information content (AvgIpc) is 3.13. The Hall–Kier alpha value is -3.24. The highest BCUT2D eigenvalue weighted by atomic mass is 32.1. The summed E-state index contributed by atoms with van der Waals surface area (Å²) in [5.41, 5.74) is 1.34. The van der Waals surface area contributed by atoms with E-state index >= 15 is 0 Å². The van der Waals surface area contributed by atoms with Gasteiger partial charge < -0.3 is 10.1 Å². The van der Waals surface area contributed by atoms with Gasteiger partial charge in [-0.15, -0.1) is 11.3 Å². The highest BCUT2D eigenvalue weighted by Crippen LogP contribution is 2.26. The highest BCUT2D eigenvalue weighted by Gasteiger charge is 2.13. The van der Waals surface area contributed by atoms with Crippen molar-refractivity contribution < 1.29 is 13.9 Å². The minimum absolute atomic E-state index is 0.0963. The van der Waals surface area contributed by atoms with Crippen LogP contribution in [-0.2, 0) is 0 Å². The van der Waals surface area contributed by atoms with Crippen LogP contribution in [0.3, 0.4) is 0 Å². The van der Waals surface area contributed by atoms with Gasteiger partial charge in [-0.05, 0) is 56.3 Å². The zero-order valence-corrected chi connectivity index (χ0v) is 15.5. The van der Waals surface area contributed by atoms with Crippen molar-refractivity contribution in [3.63, 3.8) is 0 Å². The van der Waals surface area contributed by atoms with Crippen LogP contribution in [0.2, 0.25) is 0 Å². The number of rotatable bonds is 5. The van der Waals surface area contributed by atoms with Crippen LogP contribution < -0.4 is 10.1 Å². The first-order chi connectivity index (χ1) is 13.0. The van der Waals surface area contributed by atoms with Gasteiger partial charge in [-0.3, -0.25) is 4.79 Å². The monoisotopic (exact) mass is 381 g/mol. The highest BCUT2D eigenvalue weighted by molar-refractivity contribution is 7.13. The number of benzene rings is 2. The standard InChI is InChI=1S/C20H16FN3O2S/c1-12(2)26-16-6-3-13(4-7-16)20-24-18(11-27-20)19(25)23-15-5-8-17(21)14(9-15)10-22/h3-9,11-12H,1-2H3,(H,23,25). The van der Waals surface area contributed by atoms with Crippen LogP contribution in [0.15, 0.2) is 47.8 Å². The van der Waals surface area contributed by atoms with Crippen molar-refractivity contribution in [2.24, 2.45) is 0 Å². The van der Waals surface area contributed by atoms with Crippen LogP contribution in [0.1, 0.15) is 29.9 Å². The van der Waals surface area contributed by atoms with E-state index in [4.69, 9.17) is 10.00 Å². The Morgan fingerprint density at radius 2 is 2.00 bits per heavy atom. The average molecular weight is 381 g/mol. The van der Waals surface area contributed by atoms with Crippen molar-refractivity contribution in [3.05, 3.63) is 64.9 Å². The zero-order valence-electron chi connectivity index (χ0n) is 14.7. The number of aromatic nitrogens is 1. The molecule has 0 aliphatic heterocycles. The predicted octanol–water partition coefficient (Wildman–Crippen LogP) is 4.86. The number of halogens is 1. The van der Waals surface area contributed by atoms with Crippen molar-refractivity contribution in [3.8, 4) is 22.4 Å². The van der Waals surface area contributed by atoms with Crippen LogP contribution in [0.25, 0.3) is 10.6 Å². The second-order valence-electron chi connectivity index (χ2n) is 5.99. The van der Waals surface area contributed by atoms with Gasteiger partial charge in [0.05, 0.1) is 11.7 Å². The topological polar surface area (TPSA) is 75.0 Å².